The summed E-state index contributed by atoms with van der Waals surface area (Å²) in [5.41, 5.74) is 2.22. The van der Waals surface area contributed by atoms with Crippen LogP contribution in [-0.4, -0.2) is 73.4 Å². The van der Waals surface area contributed by atoms with Crippen molar-refractivity contribution in [3.63, 3.8) is 0 Å². The SMILES string of the molecule is COCCC(=O)N1C[C@@H]2CN(CCC(F)(F)F)C[C@@H]2[C@H]1c1ccccc1C.O=CO. The lowest BCUT2D eigenvalue weighted by Crippen LogP contribution is -2.37. The van der Waals surface area contributed by atoms with E-state index >= 15 is 0 Å². The van der Waals surface area contributed by atoms with Gasteiger partial charge in [-0.05, 0) is 24.0 Å². The smallest absolute Gasteiger partial charge is 0.390 e. The van der Waals surface area contributed by atoms with E-state index in [9.17, 15) is 18.0 Å². The summed E-state index contributed by atoms with van der Waals surface area (Å²) in [5, 5.41) is 6.89. The highest BCUT2D eigenvalue weighted by atomic mass is 19.4. The van der Waals surface area contributed by atoms with Crippen molar-refractivity contribution in [2.24, 2.45) is 11.8 Å². The molecule has 2 aliphatic heterocycles. The number of methoxy groups -OCH3 is 1. The standard InChI is InChI=1S/C20H27F3N2O2.CH2O2/c1-14-5-3-4-6-16(14)19-17-13-24(9-8-20(21,22)23)11-15(17)12-25(19)18(26)7-10-27-2;2-1-3/h3-6,15,17,19H,7-13H2,1-2H3;1H,(H,2,3)/t15-,17-,19+;/m0./s1. The third-order valence-corrected chi connectivity index (χ3v) is 5.80. The lowest BCUT2D eigenvalue weighted by atomic mass is 9.87. The molecule has 9 heteroatoms. The molecule has 0 radical (unpaired) electrons. The summed E-state index contributed by atoms with van der Waals surface area (Å²) in [5.74, 6) is 0.446. The average molecular weight is 430 g/mol. The molecule has 0 aromatic heterocycles. The maximum Gasteiger partial charge on any atom is 0.390 e. The monoisotopic (exact) mass is 430 g/mol. The van der Waals surface area contributed by atoms with Gasteiger partial charge in [-0.2, -0.15) is 13.2 Å². The Labute approximate surface area is 174 Å². The predicted molar refractivity (Wildman–Crippen MR) is 105 cm³/mol. The van der Waals surface area contributed by atoms with Gasteiger partial charge in [0, 0.05) is 39.2 Å². The molecule has 168 valence electrons. The summed E-state index contributed by atoms with van der Waals surface area (Å²) in [6, 6.07) is 7.92. The molecule has 2 fully saturated rings. The molecule has 0 aliphatic carbocycles. The third-order valence-electron chi connectivity index (χ3n) is 5.80. The van der Waals surface area contributed by atoms with Crippen molar-refractivity contribution in [1.29, 1.82) is 0 Å². The number of hydrogen-bond donors (Lipinski definition) is 1. The molecule has 1 aromatic carbocycles. The minimum Gasteiger partial charge on any atom is -0.483 e. The first-order valence-corrected chi connectivity index (χ1v) is 9.92. The number of carbonyl (C=O) groups is 2. The molecule has 2 saturated heterocycles. The van der Waals surface area contributed by atoms with E-state index in [4.69, 9.17) is 14.6 Å². The Kier molecular flexibility index (Phi) is 8.66. The quantitative estimate of drug-likeness (QED) is 0.703. The zero-order valence-electron chi connectivity index (χ0n) is 17.3. The van der Waals surface area contributed by atoms with Crippen molar-refractivity contribution < 1.29 is 32.6 Å². The van der Waals surface area contributed by atoms with Crippen LogP contribution in [0.3, 0.4) is 0 Å². The van der Waals surface area contributed by atoms with Crippen molar-refractivity contribution in [2.45, 2.75) is 32.0 Å². The second-order valence-electron chi connectivity index (χ2n) is 7.74. The predicted octanol–water partition coefficient (Wildman–Crippen LogP) is 3.12. The number of benzene rings is 1. The molecule has 1 aromatic rings. The van der Waals surface area contributed by atoms with Crippen molar-refractivity contribution in [3.8, 4) is 0 Å². The zero-order chi connectivity index (χ0) is 22.3. The number of rotatable bonds is 6. The summed E-state index contributed by atoms with van der Waals surface area (Å²) in [4.78, 5) is 24.9. The van der Waals surface area contributed by atoms with Crippen LogP contribution in [0.2, 0.25) is 0 Å². The number of carboxylic acid groups (broad SMARTS) is 1. The normalized spacial score (nSPS) is 23.6. The first-order valence-electron chi connectivity index (χ1n) is 9.92. The summed E-state index contributed by atoms with van der Waals surface area (Å²) in [6.45, 7) is 4.02. The molecule has 3 atom stereocenters. The van der Waals surface area contributed by atoms with Crippen LogP contribution in [0.15, 0.2) is 24.3 Å². The Balaban J connectivity index is 0.00000101. The number of likely N-dealkylation sites (tertiary alicyclic amines) is 2. The lowest BCUT2D eigenvalue weighted by Gasteiger charge is -2.31. The van der Waals surface area contributed by atoms with E-state index in [1.165, 1.54) is 0 Å². The summed E-state index contributed by atoms with van der Waals surface area (Å²) in [7, 11) is 1.57. The van der Waals surface area contributed by atoms with Gasteiger partial charge in [-0.25, -0.2) is 0 Å². The van der Waals surface area contributed by atoms with Crippen LogP contribution in [0.5, 0.6) is 0 Å². The topological polar surface area (TPSA) is 70.1 Å². The second kappa shape index (κ2) is 10.8. The molecule has 0 spiro atoms. The molecule has 3 rings (SSSR count). The number of amides is 1. The second-order valence-corrected chi connectivity index (χ2v) is 7.74. The van der Waals surface area contributed by atoms with Gasteiger partial charge in [0.1, 0.15) is 0 Å². The molecule has 1 amide bonds. The summed E-state index contributed by atoms with van der Waals surface area (Å²) < 4.78 is 42.8. The maximum atomic E-state index is 12.8. The molecular formula is C21H29F3N2O4. The molecule has 1 N–H and O–H groups in total. The van der Waals surface area contributed by atoms with Crippen molar-refractivity contribution >= 4 is 12.4 Å². The molecule has 30 heavy (non-hydrogen) atoms. The molecular weight excluding hydrogens is 401 g/mol. The molecule has 6 nitrogen and oxygen atoms in total. The fourth-order valence-corrected chi connectivity index (χ4v) is 4.51. The minimum absolute atomic E-state index is 0.0363. The van der Waals surface area contributed by atoms with Crippen molar-refractivity contribution in [1.82, 2.24) is 9.80 Å². The Bertz CT molecular complexity index is 714. The van der Waals surface area contributed by atoms with Crippen LogP contribution in [-0.2, 0) is 14.3 Å². The highest BCUT2D eigenvalue weighted by molar-refractivity contribution is 5.77. The van der Waals surface area contributed by atoms with Gasteiger partial charge in [-0.15, -0.1) is 0 Å². The van der Waals surface area contributed by atoms with Crippen LogP contribution >= 0.6 is 0 Å². The van der Waals surface area contributed by atoms with Gasteiger partial charge in [-0.3, -0.25) is 9.59 Å². The lowest BCUT2D eigenvalue weighted by molar-refractivity contribution is -0.137. The van der Waals surface area contributed by atoms with E-state index in [1.54, 1.807) is 7.11 Å². The van der Waals surface area contributed by atoms with E-state index < -0.39 is 12.6 Å². The molecule has 2 aliphatic rings. The van der Waals surface area contributed by atoms with E-state index in [0.717, 1.165) is 11.1 Å². The molecule has 0 unspecified atom stereocenters. The van der Waals surface area contributed by atoms with Crippen LogP contribution in [0.25, 0.3) is 0 Å². The number of halogens is 3. The van der Waals surface area contributed by atoms with E-state index in [2.05, 4.69) is 0 Å². The fourth-order valence-electron chi connectivity index (χ4n) is 4.51. The van der Waals surface area contributed by atoms with Crippen molar-refractivity contribution in [2.75, 3.05) is 39.9 Å². The Morgan fingerprint density at radius 3 is 2.53 bits per heavy atom. The zero-order valence-corrected chi connectivity index (χ0v) is 17.3. The average Bonchev–Trinajstić information content (AvgIpc) is 3.23. The Morgan fingerprint density at radius 1 is 1.27 bits per heavy atom. The fraction of sp³-hybridized carbons (Fsp3) is 0.619. The number of aryl methyl sites for hydroxylation is 1. The number of hydrogen-bond acceptors (Lipinski definition) is 4. The largest absolute Gasteiger partial charge is 0.483 e. The van der Waals surface area contributed by atoms with Gasteiger partial charge in [-0.1, -0.05) is 24.3 Å². The van der Waals surface area contributed by atoms with Crippen LogP contribution in [0.1, 0.15) is 30.0 Å². The van der Waals surface area contributed by atoms with E-state index in [0.29, 0.717) is 32.7 Å². The van der Waals surface area contributed by atoms with Gasteiger partial charge in [0.25, 0.3) is 6.47 Å². The van der Waals surface area contributed by atoms with Gasteiger partial charge in [0.15, 0.2) is 0 Å². The molecule has 2 heterocycles. The highest BCUT2D eigenvalue weighted by Crippen LogP contribution is 2.46. The number of fused-ring (bicyclic) bond motifs is 1. The van der Waals surface area contributed by atoms with Crippen LogP contribution < -0.4 is 0 Å². The first kappa shape index (κ1) is 24.1. The van der Waals surface area contributed by atoms with Crippen LogP contribution in [0, 0.1) is 18.8 Å². The maximum absolute atomic E-state index is 12.8. The van der Waals surface area contributed by atoms with Crippen molar-refractivity contribution in [3.05, 3.63) is 35.4 Å². The van der Waals surface area contributed by atoms with Gasteiger partial charge < -0.3 is 19.6 Å². The van der Waals surface area contributed by atoms with E-state index in [-0.39, 0.29) is 36.8 Å². The van der Waals surface area contributed by atoms with Crippen LogP contribution in [0.4, 0.5) is 13.2 Å². The Morgan fingerprint density at radius 2 is 1.93 bits per heavy atom. The first-order chi connectivity index (χ1) is 14.2. The number of carbonyl (C=O) groups excluding carboxylic acids is 1. The minimum atomic E-state index is -4.13. The molecule has 0 saturated carbocycles. The van der Waals surface area contributed by atoms with Gasteiger partial charge in [0.05, 0.1) is 25.5 Å². The summed E-state index contributed by atoms with van der Waals surface area (Å²) in [6.07, 6.45) is -4.58. The third kappa shape index (κ3) is 6.18. The van der Waals surface area contributed by atoms with Gasteiger partial charge in [0.2, 0.25) is 5.91 Å². The molecule has 0 bridgehead atoms. The highest BCUT2D eigenvalue weighted by Gasteiger charge is 2.49. The van der Waals surface area contributed by atoms with Gasteiger partial charge >= 0.3 is 6.18 Å². The number of nitrogens with zero attached hydrogens (tertiary/aromatic N) is 2. The van der Waals surface area contributed by atoms with E-state index in [1.807, 2.05) is 41.0 Å². The number of alkyl halides is 3. The Hall–Kier alpha value is -2.13. The number of ether oxygens (including phenoxy) is 1. The summed E-state index contributed by atoms with van der Waals surface area (Å²) >= 11 is 0.